The largest absolute Gasteiger partial charge is 0.490 e. The number of aryl methyl sites for hydroxylation is 1. The molecular formula is C28H23BrClN3O7S. The molecule has 41 heavy (non-hydrogen) atoms. The zero-order valence-electron chi connectivity index (χ0n) is 21.8. The van der Waals surface area contributed by atoms with Crippen molar-refractivity contribution in [3.05, 3.63) is 95.8 Å². The number of nitrogens with zero attached hydrogens (tertiary/aromatic N) is 2. The van der Waals surface area contributed by atoms with Crippen molar-refractivity contribution in [2.24, 2.45) is 0 Å². The number of amides is 3. The summed E-state index contributed by atoms with van der Waals surface area (Å²) in [6, 6.07) is 14.4. The number of nitro groups is 1. The molecule has 0 spiro atoms. The van der Waals surface area contributed by atoms with Crippen molar-refractivity contribution < 1.29 is 28.8 Å². The molecule has 0 unspecified atom stereocenters. The SMILES string of the molecule is CCOc1cc(/C=C2/SC(=O)N(CC(=O)Nc3cc(Cl)ccc3C)C2=O)cc(Br)c1OCc1ccc([N+](=O)[O-])cc1. The summed E-state index contributed by atoms with van der Waals surface area (Å²) in [5.41, 5.74) is 2.54. The van der Waals surface area contributed by atoms with Crippen LogP contribution in [0.25, 0.3) is 6.08 Å². The van der Waals surface area contributed by atoms with Gasteiger partial charge in [0.1, 0.15) is 13.2 Å². The van der Waals surface area contributed by atoms with Crippen LogP contribution in [0, 0.1) is 17.0 Å². The molecule has 1 N–H and O–H groups in total. The summed E-state index contributed by atoms with van der Waals surface area (Å²) >= 11 is 10.2. The molecule has 3 amide bonds. The first-order valence-electron chi connectivity index (χ1n) is 12.2. The van der Waals surface area contributed by atoms with Crippen LogP contribution in [-0.2, 0) is 16.2 Å². The van der Waals surface area contributed by atoms with E-state index in [0.29, 0.717) is 38.9 Å². The van der Waals surface area contributed by atoms with Gasteiger partial charge in [0, 0.05) is 22.8 Å². The fraction of sp³-hybridized carbons (Fsp3) is 0.179. The number of ether oxygens (including phenoxy) is 2. The van der Waals surface area contributed by atoms with E-state index in [-0.39, 0.29) is 17.2 Å². The van der Waals surface area contributed by atoms with Crippen molar-refractivity contribution >= 4 is 73.8 Å². The number of non-ortho nitro benzene ring substituents is 1. The second-order valence-corrected chi connectivity index (χ2v) is 11.0. The van der Waals surface area contributed by atoms with Gasteiger partial charge in [-0.05, 0) is 101 Å². The summed E-state index contributed by atoms with van der Waals surface area (Å²) < 4.78 is 12.2. The fourth-order valence-electron chi connectivity index (χ4n) is 3.79. The normalized spacial score (nSPS) is 14.0. The number of anilines is 1. The van der Waals surface area contributed by atoms with Gasteiger partial charge in [0.25, 0.3) is 16.8 Å². The Bertz CT molecular complexity index is 1560. The van der Waals surface area contributed by atoms with Crippen molar-refractivity contribution in [1.82, 2.24) is 4.90 Å². The van der Waals surface area contributed by atoms with Gasteiger partial charge in [0.15, 0.2) is 11.5 Å². The Morgan fingerprint density at radius 2 is 1.88 bits per heavy atom. The number of rotatable bonds is 10. The summed E-state index contributed by atoms with van der Waals surface area (Å²) in [6.45, 7) is 3.63. The molecule has 212 valence electrons. The van der Waals surface area contributed by atoms with Gasteiger partial charge in [-0.2, -0.15) is 0 Å². The number of hydrogen-bond donors (Lipinski definition) is 1. The van der Waals surface area contributed by atoms with Crippen LogP contribution < -0.4 is 14.8 Å². The highest BCUT2D eigenvalue weighted by Gasteiger charge is 2.36. The quantitative estimate of drug-likeness (QED) is 0.140. The number of nitro benzene ring substituents is 1. The molecule has 1 heterocycles. The lowest BCUT2D eigenvalue weighted by Crippen LogP contribution is -2.36. The number of benzene rings is 3. The minimum atomic E-state index is -0.592. The van der Waals surface area contributed by atoms with Crippen molar-refractivity contribution in [3.8, 4) is 11.5 Å². The molecule has 1 aliphatic rings. The van der Waals surface area contributed by atoms with Gasteiger partial charge in [-0.3, -0.25) is 29.4 Å². The molecule has 0 radical (unpaired) electrons. The van der Waals surface area contributed by atoms with Crippen molar-refractivity contribution in [2.75, 3.05) is 18.5 Å². The minimum absolute atomic E-state index is 0.0180. The first-order valence-corrected chi connectivity index (χ1v) is 14.2. The molecular weight excluding hydrogens is 638 g/mol. The van der Waals surface area contributed by atoms with E-state index >= 15 is 0 Å². The summed E-state index contributed by atoms with van der Waals surface area (Å²) in [7, 11) is 0. The van der Waals surface area contributed by atoms with Gasteiger partial charge >= 0.3 is 0 Å². The third kappa shape index (κ3) is 7.46. The van der Waals surface area contributed by atoms with Crippen LogP contribution >= 0.6 is 39.3 Å². The predicted molar refractivity (Wildman–Crippen MR) is 160 cm³/mol. The van der Waals surface area contributed by atoms with E-state index in [0.717, 1.165) is 27.8 Å². The number of halogens is 2. The molecule has 3 aromatic rings. The number of thioether (sulfide) groups is 1. The summed E-state index contributed by atoms with van der Waals surface area (Å²) in [5, 5.41) is 13.4. The zero-order valence-corrected chi connectivity index (χ0v) is 25.0. The van der Waals surface area contributed by atoms with Crippen LogP contribution in [-0.4, -0.2) is 40.0 Å². The average Bonchev–Trinajstić information content (AvgIpc) is 3.17. The highest BCUT2D eigenvalue weighted by molar-refractivity contribution is 9.10. The lowest BCUT2D eigenvalue weighted by atomic mass is 10.1. The third-order valence-electron chi connectivity index (χ3n) is 5.81. The fourth-order valence-corrected chi connectivity index (χ4v) is 5.38. The molecule has 0 aliphatic carbocycles. The number of hydrogen-bond acceptors (Lipinski definition) is 8. The number of imide groups is 1. The Hall–Kier alpha value is -3.87. The van der Waals surface area contributed by atoms with Gasteiger partial charge < -0.3 is 14.8 Å². The standard InChI is InChI=1S/C28H23BrClN3O7S/c1-3-39-23-11-18(10-21(29)26(23)40-15-17-5-8-20(9-6-17)33(37)38)12-24-27(35)32(28(36)41-24)14-25(34)31-22-13-19(30)7-4-16(22)2/h4-13H,3,14-15H2,1-2H3,(H,31,34)/b24-12+. The molecule has 0 bridgehead atoms. The van der Waals surface area contributed by atoms with Crippen molar-refractivity contribution in [3.63, 3.8) is 0 Å². The minimum Gasteiger partial charge on any atom is -0.490 e. The van der Waals surface area contributed by atoms with Gasteiger partial charge in [-0.15, -0.1) is 0 Å². The van der Waals surface area contributed by atoms with E-state index in [4.69, 9.17) is 21.1 Å². The Labute approximate surface area is 252 Å². The van der Waals surface area contributed by atoms with Crippen LogP contribution in [0.5, 0.6) is 11.5 Å². The molecule has 0 atom stereocenters. The molecule has 0 saturated carbocycles. The summed E-state index contributed by atoms with van der Waals surface area (Å²) in [6.07, 6.45) is 1.54. The molecule has 1 saturated heterocycles. The zero-order chi connectivity index (χ0) is 29.7. The van der Waals surface area contributed by atoms with E-state index in [1.807, 2.05) is 6.92 Å². The number of carbonyl (C=O) groups excluding carboxylic acids is 3. The van der Waals surface area contributed by atoms with E-state index in [9.17, 15) is 24.5 Å². The van der Waals surface area contributed by atoms with Crippen LogP contribution in [0.3, 0.4) is 0 Å². The average molecular weight is 661 g/mol. The first kappa shape index (κ1) is 30.1. The Morgan fingerprint density at radius 1 is 1.15 bits per heavy atom. The van der Waals surface area contributed by atoms with Crippen molar-refractivity contribution in [2.45, 2.75) is 20.5 Å². The smallest absolute Gasteiger partial charge is 0.294 e. The van der Waals surface area contributed by atoms with Gasteiger partial charge in [-0.25, -0.2) is 0 Å². The maximum absolute atomic E-state index is 13.0. The lowest BCUT2D eigenvalue weighted by molar-refractivity contribution is -0.384. The van der Waals surface area contributed by atoms with Crippen LogP contribution in [0.2, 0.25) is 5.02 Å². The van der Waals surface area contributed by atoms with Crippen molar-refractivity contribution in [1.29, 1.82) is 0 Å². The van der Waals surface area contributed by atoms with Crippen LogP contribution in [0.4, 0.5) is 16.2 Å². The van der Waals surface area contributed by atoms with E-state index in [2.05, 4.69) is 21.2 Å². The van der Waals surface area contributed by atoms with E-state index < -0.39 is 28.5 Å². The second-order valence-electron chi connectivity index (χ2n) is 8.75. The topological polar surface area (TPSA) is 128 Å². The summed E-state index contributed by atoms with van der Waals surface area (Å²) in [4.78, 5) is 49.7. The summed E-state index contributed by atoms with van der Waals surface area (Å²) in [5.74, 6) is -0.325. The molecule has 0 aromatic heterocycles. The van der Waals surface area contributed by atoms with Gasteiger partial charge in [0.05, 0.1) is 20.9 Å². The Morgan fingerprint density at radius 3 is 2.56 bits per heavy atom. The second kappa shape index (κ2) is 13.2. The molecule has 13 heteroatoms. The third-order valence-corrected chi connectivity index (χ3v) is 7.54. The first-order chi connectivity index (χ1) is 19.5. The monoisotopic (exact) mass is 659 g/mol. The molecule has 10 nitrogen and oxygen atoms in total. The van der Waals surface area contributed by atoms with Gasteiger partial charge in [0.2, 0.25) is 5.91 Å². The highest BCUT2D eigenvalue weighted by Crippen LogP contribution is 2.40. The highest BCUT2D eigenvalue weighted by atomic mass is 79.9. The Kier molecular flexibility index (Phi) is 9.69. The molecule has 4 rings (SSSR count). The molecule has 3 aromatic carbocycles. The Balaban J connectivity index is 1.48. The maximum Gasteiger partial charge on any atom is 0.294 e. The maximum atomic E-state index is 13.0. The van der Waals surface area contributed by atoms with Crippen LogP contribution in [0.1, 0.15) is 23.6 Å². The predicted octanol–water partition coefficient (Wildman–Crippen LogP) is 6.97. The molecule has 1 aliphatic heterocycles. The number of carbonyl (C=O) groups is 3. The molecule has 1 fully saturated rings. The van der Waals surface area contributed by atoms with E-state index in [1.165, 1.54) is 18.2 Å². The van der Waals surface area contributed by atoms with Crippen LogP contribution in [0.15, 0.2) is 64.0 Å². The van der Waals surface area contributed by atoms with E-state index in [1.54, 1.807) is 49.4 Å². The number of nitrogens with one attached hydrogen (secondary N) is 1. The van der Waals surface area contributed by atoms with Gasteiger partial charge in [-0.1, -0.05) is 17.7 Å². The lowest BCUT2D eigenvalue weighted by Gasteiger charge is -2.15.